The number of amides is 1. The first-order valence-corrected chi connectivity index (χ1v) is 5.75. The van der Waals surface area contributed by atoms with Crippen LogP contribution < -0.4 is 5.32 Å². The SMILES string of the molecule is COC(C)(C)CC(=O)NC(CC(C)C)C(=O)O. The minimum Gasteiger partial charge on any atom is -0.480 e. The fraction of sp³-hybridized carbons (Fsp3) is 0.833. The van der Waals surface area contributed by atoms with Crippen LogP contribution in [0.1, 0.15) is 40.5 Å². The molecule has 2 N–H and O–H groups in total. The number of hydrogen-bond acceptors (Lipinski definition) is 3. The van der Waals surface area contributed by atoms with Crippen molar-refractivity contribution in [1.29, 1.82) is 0 Å². The Labute approximate surface area is 103 Å². The van der Waals surface area contributed by atoms with Crippen molar-refractivity contribution in [3.05, 3.63) is 0 Å². The van der Waals surface area contributed by atoms with Gasteiger partial charge in [-0.3, -0.25) is 4.79 Å². The van der Waals surface area contributed by atoms with Gasteiger partial charge in [0.05, 0.1) is 12.0 Å². The molecule has 0 saturated heterocycles. The van der Waals surface area contributed by atoms with Crippen molar-refractivity contribution < 1.29 is 19.4 Å². The molecule has 1 amide bonds. The minimum absolute atomic E-state index is 0.144. The molecule has 5 heteroatoms. The van der Waals surface area contributed by atoms with Gasteiger partial charge in [0, 0.05) is 7.11 Å². The number of aliphatic carboxylic acids is 1. The smallest absolute Gasteiger partial charge is 0.326 e. The van der Waals surface area contributed by atoms with Crippen molar-refractivity contribution in [2.24, 2.45) is 5.92 Å². The van der Waals surface area contributed by atoms with Crippen LogP contribution in [0.15, 0.2) is 0 Å². The average molecular weight is 245 g/mol. The molecule has 0 aromatic rings. The molecule has 100 valence electrons. The first kappa shape index (κ1) is 15.9. The number of ether oxygens (including phenoxy) is 1. The summed E-state index contributed by atoms with van der Waals surface area (Å²) in [5, 5.41) is 11.5. The number of carbonyl (C=O) groups excluding carboxylic acids is 1. The third kappa shape index (κ3) is 6.94. The van der Waals surface area contributed by atoms with Crippen LogP contribution in [0.25, 0.3) is 0 Å². The van der Waals surface area contributed by atoms with Crippen LogP contribution in [-0.4, -0.2) is 35.7 Å². The molecule has 0 bridgehead atoms. The zero-order valence-corrected chi connectivity index (χ0v) is 11.2. The second-order valence-corrected chi connectivity index (χ2v) is 5.23. The molecule has 0 aromatic heterocycles. The van der Waals surface area contributed by atoms with Gasteiger partial charge in [-0.1, -0.05) is 13.8 Å². The van der Waals surface area contributed by atoms with Gasteiger partial charge >= 0.3 is 5.97 Å². The number of carboxylic acids is 1. The van der Waals surface area contributed by atoms with E-state index in [9.17, 15) is 9.59 Å². The largest absolute Gasteiger partial charge is 0.480 e. The zero-order valence-electron chi connectivity index (χ0n) is 11.2. The third-order valence-electron chi connectivity index (χ3n) is 2.48. The molecular formula is C12H23NO4. The van der Waals surface area contributed by atoms with Crippen molar-refractivity contribution in [2.75, 3.05) is 7.11 Å². The molecule has 0 aliphatic carbocycles. The number of carbonyl (C=O) groups is 2. The summed E-state index contributed by atoms with van der Waals surface area (Å²) >= 11 is 0. The maximum atomic E-state index is 11.7. The van der Waals surface area contributed by atoms with E-state index in [-0.39, 0.29) is 18.2 Å². The van der Waals surface area contributed by atoms with E-state index in [1.165, 1.54) is 7.11 Å². The molecule has 0 fully saturated rings. The predicted octanol–water partition coefficient (Wildman–Crippen LogP) is 1.42. The van der Waals surface area contributed by atoms with Crippen molar-refractivity contribution in [1.82, 2.24) is 5.32 Å². The molecule has 0 spiro atoms. The van der Waals surface area contributed by atoms with E-state index in [2.05, 4.69) is 5.32 Å². The van der Waals surface area contributed by atoms with Gasteiger partial charge in [-0.15, -0.1) is 0 Å². The Bertz CT molecular complexity index is 274. The molecule has 0 rings (SSSR count). The molecule has 17 heavy (non-hydrogen) atoms. The molecule has 0 aromatic carbocycles. The Kier molecular flexibility index (Phi) is 6.16. The summed E-state index contributed by atoms with van der Waals surface area (Å²) in [6, 6.07) is -0.824. The maximum Gasteiger partial charge on any atom is 0.326 e. The van der Waals surface area contributed by atoms with Gasteiger partial charge in [0.15, 0.2) is 0 Å². The lowest BCUT2D eigenvalue weighted by Gasteiger charge is -2.23. The van der Waals surface area contributed by atoms with Gasteiger partial charge in [-0.25, -0.2) is 4.79 Å². The summed E-state index contributed by atoms with van der Waals surface area (Å²) < 4.78 is 5.12. The summed E-state index contributed by atoms with van der Waals surface area (Å²) in [6.45, 7) is 7.40. The van der Waals surface area contributed by atoms with Crippen LogP contribution in [0.5, 0.6) is 0 Å². The molecule has 0 aliphatic rings. The highest BCUT2D eigenvalue weighted by molar-refractivity contribution is 5.83. The van der Waals surface area contributed by atoms with E-state index in [1.54, 1.807) is 13.8 Å². The predicted molar refractivity (Wildman–Crippen MR) is 64.7 cm³/mol. The summed E-state index contributed by atoms with van der Waals surface area (Å²) in [6.07, 6.45) is 0.569. The number of rotatable bonds is 7. The van der Waals surface area contributed by atoms with Gasteiger partial charge in [0.1, 0.15) is 6.04 Å². The van der Waals surface area contributed by atoms with E-state index >= 15 is 0 Å². The second-order valence-electron chi connectivity index (χ2n) is 5.23. The monoisotopic (exact) mass is 245 g/mol. The number of hydrogen-bond donors (Lipinski definition) is 2. The van der Waals surface area contributed by atoms with Crippen molar-refractivity contribution in [3.63, 3.8) is 0 Å². The van der Waals surface area contributed by atoms with Crippen LogP contribution >= 0.6 is 0 Å². The first-order chi connectivity index (χ1) is 7.68. The quantitative estimate of drug-likeness (QED) is 0.711. The van der Waals surface area contributed by atoms with E-state index in [0.717, 1.165) is 0 Å². The standard InChI is InChI=1S/C12H23NO4/c1-8(2)6-9(11(15)16)13-10(14)7-12(3,4)17-5/h8-9H,6-7H2,1-5H3,(H,13,14)(H,15,16). The molecule has 0 aliphatic heterocycles. The summed E-state index contributed by atoms with van der Waals surface area (Å²) in [7, 11) is 1.52. The Morgan fingerprint density at radius 2 is 1.88 bits per heavy atom. The Morgan fingerprint density at radius 1 is 1.35 bits per heavy atom. The van der Waals surface area contributed by atoms with Gasteiger partial charge in [-0.2, -0.15) is 0 Å². The summed E-state index contributed by atoms with van der Waals surface area (Å²) in [4.78, 5) is 22.6. The molecule has 1 atom stereocenters. The van der Waals surface area contributed by atoms with E-state index < -0.39 is 17.6 Å². The number of nitrogens with one attached hydrogen (secondary N) is 1. The number of carboxylic acid groups (broad SMARTS) is 1. The van der Waals surface area contributed by atoms with Crippen molar-refractivity contribution in [3.8, 4) is 0 Å². The fourth-order valence-corrected chi connectivity index (χ4v) is 1.40. The van der Waals surface area contributed by atoms with Gasteiger partial charge in [0.25, 0.3) is 0 Å². The second kappa shape index (κ2) is 6.59. The van der Waals surface area contributed by atoms with Crippen LogP contribution in [-0.2, 0) is 14.3 Å². The lowest BCUT2D eigenvalue weighted by Crippen LogP contribution is -2.44. The average Bonchev–Trinajstić information content (AvgIpc) is 2.15. The van der Waals surface area contributed by atoms with Crippen molar-refractivity contribution in [2.45, 2.75) is 52.2 Å². The summed E-state index contributed by atoms with van der Waals surface area (Å²) in [5.41, 5.74) is -0.578. The molecular weight excluding hydrogens is 222 g/mol. The van der Waals surface area contributed by atoms with Crippen LogP contribution in [0, 0.1) is 5.92 Å². The third-order valence-corrected chi connectivity index (χ3v) is 2.48. The molecule has 5 nitrogen and oxygen atoms in total. The van der Waals surface area contributed by atoms with Gasteiger partial charge in [0.2, 0.25) is 5.91 Å². The highest BCUT2D eigenvalue weighted by Crippen LogP contribution is 2.13. The highest BCUT2D eigenvalue weighted by Gasteiger charge is 2.25. The van der Waals surface area contributed by atoms with Crippen LogP contribution in [0.4, 0.5) is 0 Å². The van der Waals surface area contributed by atoms with Crippen LogP contribution in [0.3, 0.4) is 0 Å². The summed E-state index contributed by atoms with van der Waals surface area (Å²) in [5.74, 6) is -1.08. The Morgan fingerprint density at radius 3 is 2.24 bits per heavy atom. The number of methoxy groups -OCH3 is 1. The molecule has 0 heterocycles. The van der Waals surface area contributed by atoms with Gasteiger partial charge < -0.3 is 15.2 Å². The lowest BCUT2D eigenvalue weighted by molar-refractivity contribution is -0.143. The normalized spacial score (nSPS) is 13.5. The first-order valence-electron chi connectivity index (χ1n) is 5.75. The Hall–Kier alpha value is -1.10. The molecule has 0 radical (unpaired) electrons. The van der Waals surface area contributed by atoms with E-state index in [4.69, 9.17) is 9.84 Å². The molecule has 0 saturated carbocycles. The van der Waals surface area contributed by atoms with E-state index in [0.29, 0.717) is 6.42 Å². The lowest BCUT2D eigenvalue weighted by atomic mass is 10.0. The molecule has 1 unspecified atom stereocenters. The van der Waals surface area contributed by atoms with Crippen LogP contribution in [0.2, 0.25) is 0 Å². The minimum atomic E-state index is -0.998. The van der Waals surface area contributed by atoms with Gasteiger partial charge in [-0.05, 0) is 26.2 Å². The fourth-order valence-electron chi connectivity index (χ4n) is 1.40. The topological polar surface area (TPSA) is 75.6 Å². The maximum absolute atomic E-state index is 11.7. The van der Waals surface area contributed by atoms with Crippen molar-refractivity contribution >= 4 is 11.9 Å². The highest BCUT2D eigenvalue weighted by atomic mass is 16.5. The Balaban J connectivity index is 4.37. The van der Waals surface area contributed by atoms with E-state index in [1.807, 2.05) is 13.8 Å². The zero-order chi connectivity index (χ0) is 13.6.